The van der Waals surface area contributed by atoms with Crippen molar-refractivity contribution in [2.75, 3.05) is 12.3 Å². The minimum absolute atomic E-state index is 0.00827. The zero-order chi connectivity index (χ0) is 13.7. The molecule has 0 atom stereocenters. The molecule has 0 aromatic carbocycles. The fourth-order valence-corrected chi connectivity index (χ4v) is 2.87. The number of hydrogen-bond acceptors (Lipinski definition) is 4. The Balaban J connectivity index is 1.93. The number of nitrogens with zero attached hydrogens (tertiary/aromatic N) is 3. The molecule has 0 saturated heterocycles. The van der Waals surface area contributed by atoms with Crippen molar-refractivity contribution in [3.05, 3.63) is 29.6 Å². The summed E-state index contributed by atoms with van der Waals surface area (Å²) in [5.74, 6) is 0.266. The lowest BCUT2D eigenvalue weighted by Crippen LogP contribution is -2.32. The van der Waals surface area contributed by atoms with Crippen LogP contribution in [0.4, 0.5) is 5.95 Å². The van der Waals surface area contributed by atoms with Crippen molar-refractivity contribution in [3.63, 3.8) is 0 Å². The van der Waals surface area contributed by atoms with E-state index in [0.717, 1.165) is 41.9 Å². The fourth-order valence-electron chi connectivity index (χ4n) is 2.87. The molecule has 2 aromatic heterocycles. The van der Waals surface area contributed by atoms with Crippen LogP contribution >= 0.6 is 0 Å². The summed E-state index contributed by atoms with van der Waals surface area (Å²) in [6.07, 6.45) is 4.85. The lowest BCUT2D eigenvalue weighted by molar-refractivity contribution is 0.0945. The summed E-state index contributed by atoms with van der Waals surface area (Å²) < 4.78 is 2.27. The van der Waals surface area contributed by atoms with Crippen molar-refractivity contribution in [2.24, 2.45) is 0 Å². The first kappa shape index (κ1) is 11.5. The summed E-state index contributed by atoms with van der Waals surface area (Å²) in [7, 11) is 0. The van der Waals surface area contributed by atoms with Gasteiger partial charge in [-0.15, -0.1) is 0 Å². The van der Waals surface area contributed by atoms with E-state index in [0.29, 0.717) is 12.6 Å². The summed E-state index contributed by atoms with van der Waals surface area (Å²) in [4.78, 5) is 20.2. The van der Waals surface area contributed by atoms with E-state index in [1.807, 2.05) is 12.1 Å². The maximum absolute atomic E-state index is 12.0. The largest absolute Gasteiger partial charge is 0.368 e. The van der Waals surface area contributed by atoms with E-state index in [2.05, 4.69) is 19.9 Å². The van der Waals surface area contributed by atoms with Gasteiger partial charge in [0.25, 0.3) is 5.91 Å². The molecule has 4 rings (SSSR count). The number of aromatic nitrogens is 3. The van der Waals surface area contributed by atoms with Gasteiger partial charge in [-0.1, -0.05) is 0 Å². The van der Waals surface area contributed by atoms with Gasteiger partial charge in [-0.05, 0) is 25.0 Å². The first-order chi connectivity index (χ1) is 9.74. The van der Waals surface area contributed by atoms with Gasteiger partial charge >= 0.3 is 0 Å². The first-order valence-corrected chi connectivity index (χ1v) is 6.85. The number of rotatable bonds is 2. The average Bonchev–Trinajstić information content (AvgIpc) is 3.19. The molecule has 0 spiro atoms. The predicted molar refractivity (Wildman–Crippen MR) is 74.2 cm³/mol. The number of anilines is 1. The third-order valence-corrected chi connectivity index (χ3v) is 3.88. The second-order valence-electron chi connectivity index (χ2n) is 5.30. The Kier molecular flexibility index (Phi) is 2.33. The standard InChI is InChI=1S/C14H15N5O/c15-14-17-5-3-10(18-14)12-7-9-11(4-6-16-13(9)20)19(12)8-1-2-8/h3,5,7-8H,1-2,4,6H2,(H,16,20)(H2,15,17,18). The Morgan fingerprint density at radius 2 is 2.25 bits per heavy atom. The zero-order valence-electron chi connectivity index (χ0n) is 11.0. The highest BCUT2D eigenvalue weighted by molar-refractivity contribution is 5.98. The van der Waals surface area contributed by atoms with Crippen molar-refractivity contribution in [1.82, 2.24) is 19.9 Å². The van der Waals surface area contributed by atoms with Gasteiger partial charge in [0.05, 0.1) is 17.0 Å². The first-order valence-electron chi connectivity index (χ1n) is 6.85. The highest BCUT2D eigenvalue weighted by Crippen LogP contribution is 2.42. The Morgan fingerprint density at radius 1 is 1.40 bits per heavy atom. The van der Waals surface area contributed by atoms with Crippen LogP contribution in [0.3, 0.4) is 0 Å². The normalized spacial score (nSPS) is 17.7. The van der Waals surface area contributed by atoms with Crippen LogP contribution in [0.25, 0.3) is 11.4 Å². The molecule has 1 aliphatic heterocycles. The maximum Gasteiger partial charge on any atom is 0.253 e. The SMILES string of the molecule is Nc1nccc(-c2cc3c(n2C2CC2)CCNC3=O)n1. The molecular weight excluding hydrogens is 254 g/mol. The third kappa shape index (κ3) is 1.68. The van der Waals surface area contributed by atoms with Crippen LogP contribution in [0.1, 0.15) is 34.9 Å². The van der Waals surface area contributed by atoms with Gasteiger partial charge in [0, 0.05) is 30.9 Å². The minimum Gasteiger partial charge on any atom is -0.368 e. The Bertz CT molecular complexity index is 702. The van der Waals surface area contributed by atoms with E-state index in [1.165, 1.54) is 0 Å². The van der Waals surface area contributed by atoms with Gasteiger partial charge in [-0.2, -0.15) is 0 Å². The van der Waals surface area contributed by atoms with E-state index in [1.54, 1.807) is 6.20 Å². The molecule has 0 unspecified atom stereocenters. The quantitative estimate of drug-likeness (QED) is 0.856. The van der Waals surface area contributed by atoms with Crippen LogP contribution in [0.15, 0.2) is 18.3 Å². The van der Waals surface area contributed by atoms with E-state index >= 15 is 0 Å². The molecule has 20 heavy (non-hydrogen) atoms. The van der Waals surface area contributed by atoms with Gasteiger partial charge in [-0.3, -0.25) is 4.79 Å². The van der Waals surface area contributed by atoms with Crippen molar-refractivity contribution in [2.45, 2.75) is 25.3 Å². The molecule has 102 valence electrons. The number of nitrogens with one attached hydrogen (secondary N) is 1. The van der Waals surface area contributed by atoms with Gasteiger partial charge in [0.1, 0.15) is 0 Å². The monoisotopic (exact) mass is 269 g/mol. The molecule has 1 amide bonds. The molecule has 1 fully saturated rings. The molecule has 2 aliphatic rings. The van der Waals surface area contributed by atoms with Crippen molar-refractivity contribution >= 4 is 11.9 Å². The number of hydrogen-bond donors (Lipinski definition) is 2. The smallest absolute Gasteiger partial charge is 0.253 e. The van der Waals surface area contributed by atoms with Crippen LogP contribution in [-0.4, -0.2) is 27.0 Å². The Hall–Kier alpha value is -2.37. The van der Waals surface area contributed by atoms with Crippen LogP contribution in [0.2, 0.25) is 0 Å². The van der Waals surface area contributed by atoms with Gasteiger partial charge in [-0.25, -0.2) is 9.97 Å². The average molecular weight is 269 g/mol. The van der Waals surface area contributed by atoms with Crippen molar-refractivity contribution in [1.29, 1.82) is 0 Å². The lowest BCUT2D eigenvalue weighted by atomic mass is 10.1. The highest BCUT2D eigenvalue weighted by Gasteiger charge is 2.33. The van der Waals surface area contributed by atoms with Gasteiger partial charge in [0.15, 0.2) is 0 Å². The molecule has 1 saturated carbocycles. The Labute approximate surface area is 116 Å². The van der Waals surface area contributed by atoms with Crippen molar-refractivity contribution < 1.29 is 4.79 Å². The number of carbonyl (C=O) groups is 1. The number of nitrogens with two attached hydrogens (primary N) is 1. The van der Waals surface area contributed by atoms with E-state index in [4.69, 9.17) is 5.73 Å². The van der Waals surface area contributed by atoms with Crippen LogP contribution < -0.4 is 11.1 Å². The summed E-state index contributed by atoms with van der Waals surface area (Å²) in [5.41, 5.74) is 9.34. The molecule has 3 N–H and O–H groups in total. The third-order valence-electron chi connectivity index (χ3n) is 3.88. The van der Waals surface area contributed by atoms with Crippen LogP contribution in [0.5, 0.6) is 0 Å². The summed E-state index contributed by atoms with van der Waals surface area (Å²) in [6, 6.07) is 4.27. The number of carbonyl (C=O) groups excluding carboxylic acids is 1. The summed E-state index contributed by atoms with van der Waals surface area (Å²) >= 11 is 0. The van der Waals surface area contributed by atoms with Gasteiger partial charge < -0.3 is 15.6 Å². The molecule has 3 heterocycles. The predicted octanol–water partition coefficient (Wildman–Crippen LogP) is 1.15. The van der Waals surface area contributed by atoms with Crippen LogP contribution in [0, 0.1) is 0 Å². The number of fused-ring (bicyclic) bond motifs is 1. The maximum atomic E-state index is 12.0. The van der Waals surface area contributed by atoms with Crippen LogP contribution in [-0.2, 0) is 6.42 Å². The molecule has 1 aliphatic carbocycles. The zero-order valence-corrected chi connectivity index (χ0v) is 11.0. The molecular formula is C14H15N5O. The number of amides is 1. The second-order valence-corrected chi connectivity index (χ2v) is 5.30. The molecule has 6 heteroatoms. The molecule has 0 bridgehead atoms. The second kappa shape index (κ2) is 4.06. The molecule has 2 aromatic rings. The van der Waals surface area contributed by atoms with Gasteiger partial charge in [0.2, 0.25) is 5.95 Å². The van der Waals surface area contributed by atoms with E-state index in [9.17, 15) is 4.79 Å². The highest BCUT2D eigenvalue weighted by atomic mass is 16.1. The summed E-state index contributed by atoms with van der Waals surface area (Å²) in [6.45, 7) is 0.702. The topological polar surface area (TPSA) is 85.8 Å². The molecule has 0 radical (unpaired) electrons. The lowest BCUT2D eigenvalue weighted by Gasteiger charge is -2.17. The number of nitrogen functional groups attached to an aromatic ring is 1. The Morgan fingerprint density at radius 3 is 3.00 bits per heavy atom. The van der Waals surface area contributed by atoms with Crippen molar-refractivity contribution in [3.8, 4) is 11.4 Å². The van der Waals surface area contributed by atoms with E-state index < -0.39 is 0 Å². The fraction of sp³-hybridized carbons (Fsp3) is 0.357. The van der Waals surface area contributed by atoms with E-state index in [-0.39, 0.29) is 11.9 Å². The minimum atomic E-state index is 0.00827. The molecule has 6 nitrogen and oxygen atoms in total. The summed E-state index contributed by atoms with van der Waals surface area (Å²) in [5, 5.41) is 2.89.